The van der Waals surface area contributed by atoms with Crippen LogP contribution in [-0.4, -0.2) is 24.2 Å². The lowest BCUT2D eigenvalue weighted by atomic mass is 9.70. The van der Waals surface area contributed by atoms with Crippen molar-refractivity contribution in [3.8, 4) is 0 Å². The summed E-state index contributed by atoms with van der Waals surface area (Å²) >= 11 is 0. The lowest BCUT2D eigenvalue weighted by Gasteiger charge is -2.38. The number of carbonyl (C=O) groups is 1. The molecular weight excluding hydrogens is 178 g/mol. The first-order chi connectivity index (χ1) is 6.62. The van der Waals surface area contributed by atoms with Gasteiger partial charge in [0, 0.05) is 13.0 Å². The van der Waals surface area contributed by atoms with Crippen LogP contribution in [0.4, 0.5) is 0 Å². The predicted octanol–water partition coefficient (Wildman–Crippen LogP) is 2.02. The zero-order valence-corrected chi connectivity index (χ0v) is 9.01. The SMILES string of the molecule is CC1(CNCCCCC(=O)O)CCC1. The van der Waals surface area contributed by atoms with Gasteiger partial charge in [0.1, 0.15) is 0 Å². The molecule has 0 unspecified atom stereocenters. The third-order valence-corrected chi connectivity index (χ3v) is 3.11. The second-order valence-electron chi connectivity index (χ2n) is 4.69. The molecule has 0 spiro atoms. The number of aliphatic carboxylic acids is 1. The van der Waals surface area contributed by atoms with Crippen molar-refractivity contribution in [2.45, 2.75) is 45.4 Å². The Balaban J connectivity index is 1.87. The molecule has 0 amide bonds. The Labute approximate surface area is 85.9 Å². The van der Waals surface area contributed by atoms with Crippen LogP contribution in [-0.2, 0) is 4.79 Å². The van der Waals surface area contributed by atoms with E-state index in [-0.39, 0.29) is 0 Å². The van der Waals surface area contributed by atoms with Gasteiger partial charge in [0.2, 0.25) is 0 Å². The lowest BCUT2D eigenvalue weighted by molar-refractivity contribution is -0.137. The molecule has 0 aromatic rings. The first kappa shape index (κ1) is 11.5. The van der Waals surface area contributed by atoms with Crippen molar-refractivity contribution in [2.24, 2.45) is 5.41 Å². The number of hydrogen-bond acceptors (Lipinski definition) is 2. The summed E-state index contributed by atoms with van der Waals surface area (Å²) in [6, 6.07) is 0. The Morgan fingerprint density at radius 1 is 1.43 bits per heavy atom. The van der Waals surface area contributed by atoms with Crippen LogP contribution >= 0.6 is 0 Å². The fraction of sp³-hybridized carbons (Fsp3) is 0.909. The maximum atomic E-state index is 10.2. The average Bonchev–Trinajstić information content (AvgIpc) is 2.07. The van der Waals surface area contributed by atoms with Gasteiger partial charge < -0.3 is 10.4 Å². The highest BCUT2D eigenvalue weighted by molar-refractivity contribution is 5.66. The Bertz CT molecular complexity index is 188. The molecule has 3 heteroatoms. The predicted molar refractivity (Wildman–Crippen MR) is 56.3 cm³/mol. The summed E-state index contributed by atoms with van der Waals surface area (Å²) in [7, 11) is 0. The van der Waals surface area contributed by atoms with Crippen molar-refractivity contribution < 1.29 is 9.90 Å². The molecule has 0 aromatic heterocycles. The van der Waals surface area contributed by atoms with Crippen molar-refractivity contribution in [3.63, 3.8) is 0 Å². The topological polar surface area (TPSA) is 49.3 Å². The highest BCUT2D eigenvalue weighted by Crippen LogP contribution is 2.39. The minimum absolute atomic E-state index is 0.305. The molecule has 1 rings (SSSR count). The number of rotatable bonds is 7. The van der Waals surface area contributed by atoms with E-state index in [9.17, 15) is 4.79 Å². The van der Waals surface area contributed by atoms with Crippen molar-refractivity contribution in [3.05, 3.63) is 0 Å². The van der Waals surface area contributed by atoms with Crippen molar-refractivity contribution in [1.29, 1.82) is 0 Å². The van der Waals surface area contributed by atoms with Crippen molar-refractivity contribution >= 4 is 5.97 Å². The molecule has 1 fully saturated rings. The second kappa shape index (κ2) is 5.35. The van der Waals surface area contributed by atoms with E-state index in [1.807, 2.05) is 0 Å². The molecule has 0 saturated heterocycles. The van der Waals surface area contributed by atoms with Gasteiger partial charge in [-0.3, -0.25) is 4.79 Å². The van der Waals surface area contributed by atoms with Crippen LogP contribution in [0.2, 0.25) is 0 Å². The summed E-state index contributed by atoms with van der Waals surface area (Å²) in [6.07, 6.45) is 6.13. The van der Waals surface area contributed by atoms with E-state index >= 15 is 0 Å². The normalized spacial score (nSPS) is 18.9. The van der Waals surface area contributed by atoms with Gasteiger partial charge in [-0.05, 0) is 37.6 Å². The van der Waals surface area contributed by atoms with E-state index < -0.39 is 5.97 Å². The Morgan fingerprint density at radius 2 is 2.14 bits per heavy atom. The van der Waals surface area contributed by atoms with Crippen LogP contribution < -0.4 is 5.32 Å². The van der Waals surface area contributed by atoms with Gasteiger partial charge in [0.05, 0.1) is 0 Å². The highest BCUT2D eigenvalue weighted by atomic mass is 16.4. The van der Waals surface area contributed by atoms with Crippen LogP contribution in [0.25, 0.3) is 0 Å². The maximum absolute atomic E-state index is 10.2. The summed E-state index contributed by atoms with van der Waals surface area (Å²) in [5.41, 5.74) is 0.535. The molecule has 14 heavy (non-hydrogen) atoms. The number of nitrogens with one attached hydrogen (secondary N) is 1. The summed E-state index contributed by atoms with van der Waals surface area (Å²) in [4.78, 5) is 10.2. The van der Waals surface area contributed by atoms with E-state index in [1.165, 1.54) is 19.3 Å². The first-order valence-corrected chi connectivity index (χ1v) is 5.55. The maximum Gasteiger partial charge on any atom is 0.303 e. The van der Waals surface area contributed by atoms with Crippen molar-refractivity contribution in [2.75, 3.05) is 13.1 Å². The van der Waals surface area contributed by atoms with Crippen LogP contribution in [0.1, 0.15) is 45.4 Å². The van der Waals surface area contributed by atoms with E-state index in [1.54, 1.807) is 0 Å². The molecule has 0 heterocycles. The van der Waals surface area contributed by atoms with Gasteiger partial charge in [0.25, 0.3) is 0 Å². The lowest BCUT2D eigenvalue weighted by Crippen LogP contribution is -2.37. The molecule has 1 aliphatic rings. The highest BCUT2D eigenvalue weighted by Gasteiger charge is 2.30. The summed E-state index contributed by atoms with van der Waals surface area (Å²) in [5.74, 6) is -0.684. The largest absolute Gasteiger partial charge is 0.481 e. The third-order valence-electron chi connectivity index (χ3n) is 3.11. The molecule has 0 atom stereocenters. The Hall–Kier alpha value is -0.570. The molecule has 0 aromatic carbocycles. The first-order valence-electron chi connectivity index (χ1n) is 5.55. The smallest absolute Gasteiger partial charge is 0.303 e. The van der Waals surface area contributed by atoms with Gasteiger partial charge in [-0.1, -0.05) is 13.3 Å². The van der Waals surface area contributed by atoms with Crippen LogP contribution in [0.5, 0.6) is 0 Å². The summed E-state index contributed by atoms with van der Waals surface area (Å²) in [6.45, 7) is 4.38. The number of carboxylic acids is 1. The van der Waals surface area contributed by atoms with Gasteiger partial charge in [-0.2, -0.15) is 0 Å². The standard InChI is InChI=1S/C11H21NO2/c1-11(6-4-7-11)9-12-8-3-2-5-10(13)14/h12H,2-9H2,1H3,(H,13,14). The fourth-order valence-corrected chi connectivity index (χ4v) is 1.87. The van der Waals surface area contributed by atoms with Crippen molar-refractivity contribution in [1.82, 2.24) is 5.32 Å². The van der Waals surface area contributed by atoms with Crippen LogP contribution in [0, 0.1) is 5.41 Å². The molecule has 0 aliphatic heterocycles. The number of hydrogen-bond donors (Lipinski definition) is 2. The summed E-state index contributed by atoms with van der Waals surface area (Å²) < 4.78 is 0. The van der Waals surface area contributed by atoms with Gasteiger partial charge in [0.15, 0.2) is 0 Å². The molecule has 1 aliphatic carbocycles. The molecule has 2 N–H and O–H groups in total. The minimum Gasteiger partial charge on any atom is -0.481 e. The minimum atomic E-state index is -0.684. The molecule has 0 radical (unpaired) electrons. The van der Waals surface area contributed by atoms with Gasteiger partial charge >= 0.3 is 5.97 Å². The second-order valence-corrected chi connectivity index (χ2v) is 4.69. The zero-order chi connectivity index (χ0) is 10.4. The quantitative estimate of drug-likeness (QED) is 0.617. The number of carboxylic acid groups (broad SMARTS) is 1. The monoisotopic (exact) mass is 199 g/mol. The van der Waals surface area contributed by atoms with Gasteiger partial charge in [-0.25, -0.2) is 0 Å². The van der Waals surface area contributed by atoms with Crippen LogP contribution in [0.3, 0.4) is 0 Å². The molecular formula is C11H21NO2. The molecule has 1 saturated carbocycles. The van der Waals surface area contributed by atoms with E-state index in [0.29, 0.717) is 11.8 Å². The summed E-state index contributed by atoms with van der Waals surface area (Å²) in [5, 5.41) is 11.8. The van der Waals surface area contributed by atoms with Crippen LogP contribution in [0.15, 0.2) is 0 Å². The molecule has 0 bridgehead atoms. The third kappa shape index (κ3) is 4.09. The molecule has 82 valence electrons. The average molecular weight is 199 g/mol. The van der Waals surface area contributed by atoms with E-state index in [2.05, 4.69) is 12.2 Å². The number of unbranched alkanes of at least 4 members (excludes halogenated alkanes) is 1. The van der Waals surface area contributed by atoms with E-state index in [4.69, 9.17) is 5.11 Å². The fourth-order valence-electron chi connectivity index (χ4n) is 1.87. The molecule has 3 nitrogen and oxygen atoms in total. The Kier molecular flexibility index (Phi) is 4.39. The van der Waals surface area contributed by atoms with E-state index in [0.717, 1.165) is 25.9 Å². The van der Waals surface area contributed by atoms with Gasteiger partial charge in [-0.15, -0.1) is 0 Å². The zero-order valence-electron chi connectivity index (χ0n) is 9.01. The Morgan fingerprint density at radius 3 is 2.64 bits per heavy atom.